The first-order valence-corrected chi connectivity index (χ1v) is 6.82. The summed E-state index contributed by atoms with van der Waals surface area (Å²) in [6.45, 7) is 2.68. The van der Waals surface area contributed by atoms with Crippen molar-refractivity contribution in [3.8, 4) is 0 Å². The van der Waals surface area contributed by atoms with Crippen LogP contribution in [0.3, 0.4) is 0 Å². The number of carbonyl (C=O) groups excluding carboxylic acids is 2. The standard InChI is InChI=1S/C9H14BrNO2S/c1-2-3-7(4-10)5-11-8(12)6-14-9(11)13/h7H,2-6H2,1H3. The molecule has 1 aliphatic rings. The smallest absolute Gasteiger partial charge is 0.273 e. The fraction of sp³-hybridized carbons (Fsp3) is 0.778. The highest BCUT2D eigenvalue weighted by molar-refractivity contribution is 9.09. The van der Waals surface area contributed by atoms with Gasteiger partial charge in [-0.25, -0.2) is 0 Å². The number of thioether (sulfide) groups is 1. The number of nitrogens with zero attached hydrogens (tertiary/aromatic N) is 1. The van der Waals surface area contributed by atoms with Crippen LogP contribution >= 0.6 is 27.7 Å². The first-order chi connectivity index (χ1) is 6.69. The van der Waals surface area contributed by atoms with E-state index in [9.17, 15) is 9.59 Å². The van der Waals surface area contributed by atoms with Crippen LogP contribution in [0.15, 0.2) is 0 Å². The molecule has 1 rings (SSSR count). The lowest BCUT2D eigenvalue weighted by Crippen LogP contribution is -2.34. The van der Waals surface area contributed by atoms with Crippen LogP contribution in [-0.4, -0.2) is 33.7 Å². The van der Waals surface area contributed by atoms with Gasteiger partial charge in [0, 0.05) is 11.9 Å². The summed E-state index contributed by atoms with van der Waals surface area (Å²) >= 11 is 4.51. The normalized spacial score (nSPS) is 19.1. The first-order valence-electron chi connectivity index (χ1n) is 4.72. The van der Waals surface area contributed by atoms with E-state index in [-0.39, 0.29) is 11.1 Å². The zero-order valence-corrected chi connectivity index (χ0v) is 10.6. The molecule has 0 bridgehead atoms. The second-order valence-electron chi connectivity index (χ2n) is 3.37. The van der Waals surface area contributed by atoms with E-state index in [4.69, 9.17) is 0 Å². The van der Waals surface area contributed by atoms with Gasteiger partial charge in [-0.3, -0.25) is 14.5 Å². The van der Waals surface area contributed by atoms with Gasteiger partial charge in [-0.2, -0.15) is 0 Å². The Labute approximate surface area is 96.7 Å². The monoisotopic (exact) mass is 279 g/mol. The van der Waals surface area contributed by atoms with Crippen molar-refractivity contribution < 1.29 is 9.59 Å². The van der Waals surface area contributed by atoms with E-state index in [1.54, 1.807) is 0 Å². The van der Waals surface area contributed by atoms with Crippen LogP contribution in [0.5, 0.6) is 0 Å². The number of hydrogen-bond donors (Lipinski definition) is 0. The highest BCUT2D eigenvalue weighted by Gasteiger charge is 2.31. The van der Waals surface area contributed by atoms with Gasteiger partial charge in [-0.15, -0.1) is 0 Å². The van der Waals surface area contributed by atoms with Gasteiger partial charge in [-0.1, -0.05) is 41.0 Å². The van der Waals surface area contributed by atoms with Crippen molar-refractivity contribution in [3.05, 3.63) is 0 Å². The summed E-state index contributed by atoms with van der Waals surface area (Å²) in [5.74, 6) is 0.675. The van der Waals surface area contributed by atoms with E-state index < -0.39 is 0 Å². The maximum absolute atomic E-state index is 11.3. The lowest BCUT2D eigenvalue weighted by molar-refractivity contribution is -0.125. The molecule has 5 heteroatoms. The van der Waals surface area contributed by atoms with E-state index in [0.29, 0.717) is 18.2 Å². The highest BCUT2D eigenvalue weighted by Crippen LogP contribution is 2.22. The molecule has 0 aromatic carbocycles. The number of hydrogen-bond acceptors (Lipinski definition) is 3. The number of alkyl halides is 1. The summed E-state index contributed by atoms with van der Waals surface area (Å²) in [6, 6.07) is 0. The topological polar surface area (TPSA) is 37.4 Å². The zero-order chi connectivity index (χ0) is 10.6. The maximum atomic E-state index is 11.3. The summed E-state index contributed by atoms with van der Waals surface area (Å²) in [5, 5.41) is 0.764. The Morgan fingerprint density at radius 2 is 2.29 bits per heavy atom. The Morgan fingerprint density at radius 1 is 1.57 bits per heavy atom. The molecule has 1 aliphatic heterocycles. The van der Waals surface area contributed by atoms with Gasteiger partial charge in [0.2, 0.25) is 5.91 Å². The Hall–Kier alpha value is -0.0300. The second-order valence-corrected chi connectivity index (χ2v) is 4.94. The van der Waals surface area contributed by atoms with E-state index in [1.165, 1.54) is 4.90 Å². The summed E-state index contributed by atoms with van der Waals surface area (Å²) in [5.41, 5.74) is 0. The van der Waals surface area contributed by atoms with Crippen molar-refractivity contribution in [1.82, 2.24) is 4.90 Å². The number of amides is 2. The fourth-order valence-corrected chi connectivity index (χ4v) is 2.70. The summed E-state index contributed by atoms with van der Waals surface area (Å²) in [6.07, 6.45) is 2.13. The Kier molecular flexibility index (Phi) is 4.95. The molecule has 1 unspecified atom stereocenters. The molecular weight excluding hydrogens is 266 g/mol. The molecule has 1 heterocycles. The van der Waals surface area contributed by atoms with E-state index in [0.717, 1.165) is 29.9 Å². The summed E-state index contributed by atoms with van der Waals surface area (Å²) in [7, 11) is 0. The van der Waals surface area contributed by atoms with Crippen LogP contribution in [0.4, 0.5) is 4.79 Å². The van der Waals surface area contributed by atoms with Crippen molar-refractivity contribution in [2.24, 2.45) is 5.92 Å². The summed E-state index contributed by atoms with van der Waals surface area (Å²) < 4.78 is 0. The minimum Gasteiger partial charge on any atom is -0.273 e. The molecule has 0 aromatic heterocycles. The Bertz CT molecular complexity index is 219. The largest absolute Gasteiger partial charge is 0.288 e. The predicted molar refractivity (Wildman–Crippen MR) is 61.8 cm³/mol. The molecule has 0 spiro atoms. The fourth-order valence-electron chi connectivity index (χ4n) is 1.44. The van der Waals surface area contributed by atoms with E-state index in [1.807, 2.05) is 0 Å². The van der Waals surface area contributed by atoms with Gasteiger partial charge < -0.3 is 0 Å². The molecule has 3 nitrogen and oxygen atoms in total. The molecule has 0 radical (unpaired) electrons. The van der Waals surface area contributed by atoms with Crippen LogP contribution in [-0.2, 0) is 4.79 Å². The van der Waals surface area contributed by atoms with Crippen molar-refractivity contribution in [3.63, 3.8) is 0 Å². The van der Waals surface area contributed by atoms with E-state index >= 15 is 0 Å². The zero-order valence-electron chi connectivity index (χ0n) is 8.16. The molecule has 0 saturated carbocycles. The molecule has 2 amide bonds. The number of rotatable bonds is 5. The van der Waals surface area contributed by atoms with Gasteiger partial charge in [-0.05, 0) is 12.3 Å². The minimum absolute atomic E-state index is 0.0398. The van der Waals surface area contributed by atoms with Gasteiger partial charge in [0.1, 0.15) is 0 Å². The van der Waals surface area contributed by atoms with Crippen LogP contribution in [0, 0.1) is 5.92 Å². The molecule has 1 saturated heterocycles. The molecule has 1 atom stereocenters. The summed E-state index contributed by atoms with van der Waals surface area (Å²) in [4.78, 5) is 24.0. The molecule has 0 aromatic rings. The number of imide groups is 1. The minimum atomic E-state index is -0.0861. The SMILES string of the molecule is CCCC(CBr)CN1C(=O)CSC1=O. The van der Waals surface area contributed by atoms with Crippen LogP contribution in [0.1, 0.15) is 19.8 Å². The average Bonchev–Trinajstić information content (AvgIpc) is 2.48. The highest BCUT2D eigenvalue weighted by atomic mass is 79.9. The van der Waals surface area contributed by atoms with Gasteiger partial charge in [0.25, 0.3) is 5.24 Å². The molecule has 80 valence electrons. The molecule has 0 N–H and O–H groups in total. The quantitative estimate of drug-likeness (QED) is 0.726. The molecule has 14 heavy (non-hydrogen) atoms. The van der Waals surface area contributed by atoms with Crippen molar-refractivity contribution in [2.75, 3.05) is 17.6 Å². The van der Waals surface area contributed by atoms with Crippen molar-refractivity contribution in [1.29, 1.82) is 0 Å². The predicted octanol–water partition coefficient (Wildman–Crippen LogP) is 2.49. The number of halogens is 1. The Morgan fingerprint density at radius 3 is 2.71 bits per heavy atom. The van der Waals surface area contributed by atoms with Crippen molar-refractivity contribution in [2.45, 2.75) is 19.8 Å². The lowest BCUT2D eigenvalue weighted by Gasteiger charge is -2.19. The van der Waals surface area contributed by atoms with Gasteiger partial charge >= 0.3 is 0 Å². The lowest BCUT2D eigenvalue weighted by atomic mass is 10.1. The van der Waals surface area contributed by atoms with E-state index in [2.05, 4.69) is 22.9 Å². The maximum Gasteiger partial charge on any atom is 0.288 e. The van der Waals surface area contributed by atoms with Crippen molar-refractivity contribution >= 4 is 38.8 Å². The first kappa shape index (κ1) is 12.0. The van der Waals surface area contributed by atoms with Gasteiger partial charge in [0.05, 0.1) is 5.75 Å². The average molecular weight is 280 g/mol. The van der Waals surface area contributed by atoms with Crippen LogP contribution in [0.2, 0.25) is 0 Å². The second kappa shape index (κ2) is 5.75. The Balaban J connectivity index is 2.48. The van der Waals surface area contributed by atoms with Gasteiger partial charge in [0.15, 0.2) is 0 Å². The third-order valence-electron chi connectivity index (χ3n) is 2.20. The number of carbonyl (C=O) groups is 2. The van der Waals surface area contributed by atoms with Crippen LogP contribution < -0.4 is 0 Å². The molecule has 0 aliphatic carbocycles. The third kappa shape index (κ3) is 2.98. The van der Waals surface area contributed by atoms with Crippen LogP contribution in [0.25, 0.3) is 0 Å². The molecular formula is C9H14BrNO2S. The third-order valence-corrected chi connectivity index (χ3v) is 3.97. The molecule has 1 fully saturated rings.